The van der Waals surface area contributed by atoms with Crippen molar-refractivity contribution in [1.29, 1.82) is 0 Å². The van der Waals surface area contributed by atoms with Gasteiger partial charge in [0.15, 0.2) is 0 Å². The predicted octanol–water partition coefficient (Wildman–Crippen LogP) is 2.18. The van der Waals surface area contributed by atoms with Gasteiger partial charge in [0.1, 0.15) is 0 Å². The van der Waals surface area contributed by atoms with Crippen LogP contribution in [0.5, 0.6) is 0 Å². The van der Waals surface area contributed by atoms with Gasteiger partial charge in [0.2, 0.25) is 0 Å². The Morgan fingerprint density at radius 3 is 2.18 bits per heavy atom. The van der Waals surface area contributed by atoms with Gasteiger partial charge in [-0.2, -0.15) is 0 Å². The molecule has 0 aliphatic rings. The van der Waals surface area contributed by atoms with Crippen molar-refractivity contribution in [2.75, 3.05) is 27.1 Å². The lowest BCUT2D eigenvalue weighted by Gasteiger charge is -2.32. The maximum Gasteiger partial charge on any atom is 0.508 e. The van der Waals surface area contributed by atoms with Crippen LogP contribution in [-0.4, -0.2) is 30.1 Å². The zero-order chi connectivity index (χ0) is 12.9. The molecule has 1 unspecified atom stereocenters. The minimum atomic E-state index is -2.67. The highest BCUT2D eigenvalue weighted by molar-refractivity contribution is 6.62. The van der Waals surface area contributed by atoms with Gasteiger partial charge in [-0.05, 0) is 24.1 Å². The van der Waals surface area contributed by atoms with Crippen LogP contribution < -0.4 is 5.73 Å². The third kappa shape index (κ3) is 2.87. The highest BCUT2D eigenvalue weighted by atomic mass is 28.4. The van der Waals surface area contributed by atoms with Crippen molar-refractivity contribution in [1.82, 2.24) is 0 Å². The van der Waals surface area contributed by atoms with E-state index < -0.39 is 8.80 Å². The summed E-state index contributed by atoms with van der Waals surface area (Å²) in [4.78, 5) is 0. The third-order valence-corrected chi connectivity index (χ3v) is 6.30. The molecule has 5 heteroatoms. The molecule has 0 amide bonds. The summed E-state index contributed by atoms with van der Waals surface area (Å²) < 4.78 is 16.6. The summed E-state index contributed by atoms with van der Waals surface area (Å²) in [5.74, 6) is 0. The number of hydrogen-bond donors (Lipinski definition) is 1. The SMILES string of the molecule is CCC(c1cccc(N)c1)[Si](OC)(OC)OC. The van der Waals surface area contributed by atoms with E-state index in [4.69, 9.17) is 19.0 Å². The summed E-state index contributed by atoms with van der Waals surface area (Å²) in [5, 5.41) is 0. The Morgan fingerprint density at radius 1 is 1.18 bits per heavy atom. The van der Waals surface area contributed by atoms with Crippen LogP contribution >= 0.6 is 0 Å². The van der Waals surface area contributed by atoms with E-state index in [9.17, 15) is 0 Å². The predicted molar refractivity (Wildman–Crippen MR) is 70.7 cm³/mol. The lowest BCUT2D eigenvalue weighted by Crippen LogP contribution is -2.49. The number of nitrogen functional groups attached to an aromatic ring is 1. The summed E-state index contributed by atoms with van der Waals surface area (Å²) in [7, 11) is 2.23. The van der Waals surface area contributed by atoms with Crippen molar-refractivity contribution >= 4 is 14.5 Å². The van der Waals surface area contributed by atoms with Gasteiger partial charge in [-0.1, -0.05) is 19.1 Å². The monoisotopic (exact) mass is 255 g/mol. The van der Waals surface area contributed by atoms with E-state index in [2.05, 4.69) is 6.92 Å². The van der Waals surface area contributed by atoms with E-state index >= 15 is 0 Å². The number of rotatable bonds is 6. The van der Waals surface area contributed by atoms with Crippen LogP contribution in [0.1, 0.15) is 24.4 Å². The van der Waals surface area contributed by atoms with E-state index in [0.717, 1.165) is 17.7 Å². The Bertz CT molecular complexity index is 347. The molecule has 0 fully saturated rings. The molecule has 0 aliphatic carbocycles. The van der Waals surface area contributed by atoms with Crippen molar-refractivity contribution < 1.29 is 13.3 Å². The van der Waals surface area contributed by atoms with Gasteiger partial charge in [-0.25, -0.2) is 0 Å². The molecule has 0 aromatic heterocycles. The van der Waals surface area contributed by atoms with Gasteiger partial charge >= 0.3 is 8.80 Å². The molecule has 96 valence electrons. The van der Waals surface area contributed by atoms with E-state index in [1.165, 1.54) is 0 Å². The Labute approximate surface area is 104 Å². The first-order chi connectivity index (χ1) is 8.13. The van der Waals surface area contributed by atoms with Gasteiger partial charge in [0.05, 0.1) is 5.54 Å². The molecule has 1 aromatic rings. The fraction of sp³-hybridized carbons (Fsp3) is 0.500. The maximum atomic E-state index is 5.81. The number of nitrogens with two attached hydrogens (primary N) is 1. The highest BCUT2D eigenvalue weighted by Crippen LogP contribution is 2.32. The molecule has 0 radical (unpaired) electrons. The second kappa shape index (κ2) is 6.16. The molecule has 2 N–H and O–H groups in total. The fourth-order valence-corrected chi connectivity index (χ4v) is 4.58. The van der Waals surface area contributed by atoms with Crippen LogP contribution in [0.15, 0.2) is 24.3 Å². The highest BCUT2D eigenvalue weighted by Gasteiger charge is 2.47. The molecule has 4 nitrogen and oxygen atoms in total. The first-order valence-electron chi connectivity index (χ1n) is 5.64. The van der Waals surface area contributed by atoms with Crippen molar-refractivity contribution in [2.45, 2.75) is 18.9 Å². The van der Waals surface area contributed by atoms with Gasteiger partial charge in [-0.15, -0.1) is 0 Å². The third-order valence-electron chi connectivity index (χ3n) is 3.00. The molecule has 0 saturated carbocycles. The second-order valence-corrected chi connectivity index (χ2v) is 6.98. The zero-order valence-electron chi connectivity index (χ0n) is 10.9. The fourth-order valence-electron chi connectivity index (χ4n) is 2.14. The van der Waals surface area contributed by atoms with Gasteiger partial charge in [0.25, 0.3) is 0 Å². The first-order valence-corrected chi connectivity index (χ1v) is 7.44. The summed E-state index contributed by atoms with van der Waals surface area (Å²) in [6.07, 6.45) is 0.880. The Balaban J connectivity index is 3.13. The van der Waals surface area contributed by atoms with Crippen LogP contribution in [0.3, 0.4) is 0 Å². The van der Waals surface area contributed by atoms with Crippen LogP contribution in [0, 0.1) is 0 Å². The normalized spacial score (nSPS) is 13.6. The maximum absolute atomic E-state index is 5.81. The largest absolute Gasteiger partial charge is 0.508 e. The minimum absolute atomic E-state index is 0.103. The molecule has 17 heavy (non-hydrogen) atoms. The quantitative estimate of drug-likeness (QED) is 0.625. The van der Waals surface area contributed by atoms with Crippen molar-refractivity contribution in [3.8, 4) is 0 Å². The zero-order valence-corrected chi connectivity index (χ0v) is 11.9. The number of benzene rings is 1. The summed E-state index contributed by atoms with van der Waals surface area (Å²) in [5.41, 5.74) is 7.76. The van der Waals surface area contributed by atoms with Gasteiger partial charge < -0.3 is 19.0 Å². The van der Waals surface area contributed by atoms with Crippen molar-refractivity contribution in [3.05, 3.63) is 29.8 Å². The van der Waals surface area contributed by atoms with Crippen LogP contribution in [0.4, 0.5) is 5.69 Å². The molecule has 1 rings (SSSR count). The van der Waals surface area contributed by atoms with E-state index in [-0.39, 0.29) is 5.54 Å². The second-order valence-electron chi connectivity index (χ2n) is 3.85. The van der Waals surface area contributed by atoms with Gasteiger partial charge in [0, 0.05) is 27.0 Å². The van der Waals surface area contributed by atoms with E-state index in [0.29, 0.717) is 0 Å². The van der Waals surface area contributed by atoms with Crippen molar-refractivity contribution in [2.24, 2.45) is 0 Å². The molecule has 1 atom stereocenters. The molecule has 0 spiro atoms. The molecule has 0 saturated heterocycles. The van der Waals surface area contributed by atoms with E-state index in [1.54, 1.807) is 21.3 Å². The minimum Gasteiger partial charge on any atom is -0.399 e. The van der Waals surface area contributed by atoms with Crippen molar-refractivity contribution in [3.63, 3.8) is 0 Å². The average Bonchev–Trinajstić information content (AvgIpc) is 2.36. The molecule has 0 bridgehead atoms. The molecule has 0 aliphatic heterocycles. The number of anilines is 1. The lowest BCUT2D eigenvalue weighted by molar-refractivity contribution is 0.111. The Morgan fingerprint density at radius 2 is 1.76 bits per heavy atom. The molecule has 1 aromatic carbocycles. The average molecular weight is 255 g/mol. The van der Waals surface area contributed by atoms with Crippen LogP contribution in [0.2, 0.25) is 0 Å². The smallest absolute Gasteiger partial charge is 0.399 e. The van der Waals surface area contributed by atoms with Gasteiger partial charge in [-0.3, -0.25) is 0 Å². The molecular weight excluding hydrogens is 234 g/mol. The number of hydrogen-bond acceptors (Lipinski definition) is 4. The summed E-state index contributed by atoms with van der Waals surface area (Å²) >= 11 is 0. The lowest BCUT2D eigenvalue weighted by atomic mass is 10.1. The Hall–Kier alpha value is -0.883. The van der Waals surface area contributed by atoms with Crippen LogP contribution in [0.25, 0.3) is 0 Å². The summed E-state index contributed by atoms with van der Waals surface area (Å²) in [6.45, 7) is 2.09. The van der Waals surface area contributed by atoms with Crippen LogP contribution in [-0.2, 0) is 13.3 Å². The summed E-state index contributed by atoms with van der Waals surface area (Å²) in [6, 6.07) is 7.79. The first kappa shape index (κ1) is 14.2. The Kier molecular flexibility index (Phi) is 5.14. The standard InChI is InChI=1S/C12H21NO3Si/c1-5-12(17(14-2,15-3)16-4)10-7-6-8-11(13)9-10/h6-9,12H,5,13H2,1-4H3. The molecular formula is C12H21NO3Si. The topological polar surface area (TPSA) is 53.7 Å². The molecule has 0 heterocycles. The van der Waals surface area contributed by atoms with E-state index in [1.807, 2.05) is 24.3 Å².